The molecule has 62 valence electrons. The lowest BCUT2D eigenvalue weighted by Gasteiger charge is -2.18. The molecule has 0 fully saturated rings. The standard InChI is InChI=1S/C6H13N5/c1-4-11(3)5(2)6-7-9-10-8-6/h5H,4H2,1-3H3,(H,7,8,9,10). The number of nitrogens with zero attached hydrogens (tertiary/aromatic N) is 4. The predicted octanol–water partition coefficient (Wildman–Crippen LogP) is 0.212. The SMILES string of the molecule is CCN(C)C(C)c1nn[nH]n1. The average molecular weight is 155 g/mol. The summed E-state index contributed by atoms with van der Waals surface area (Å²) in [5, 5.41) is 13.7. The fourth-order valence-electron chi connectivity index (χ4n) is 0.817. The number of H-pyrrole nitrogens is 1. The summed E-state index contributed by atoms with van der Waals surface area (Å²) in [5.74, 6) is 0.745. The molecule has 0 radical (unpaired) electrons. The van der Waals surface area contributed by atoms with Crippen molar-refractivity contribution in [2.24, 2.45) is 0 Å². The first-order valence-electron chi connectivity index (χ1n) is 3.69. The molecule has 1 aromatic rings. The number of aromatic amines is 1. The van der Waals surface area contributed by atoms with E-state index in [0.717, 1.165) is 12.4 Å². The van der Waals surface area contributed by atoms with Crippen LogP contribution in [0.15, 0.2) is 0 Å². The van der Waals surface area contributed by atoms with Gasteiger partial charge in [0, 0.05) is 0 Å². The number of tetrazole rings is 1. The van der Waals surface area contributed by atoms with Gasteiger partial charge in [0.25, 0.3) is 0 Å². The van der Waals surface area contributed by atoms with E-state index in [2.05, 4.69) is 32.4 Å². The molecule has 11 heavy (non-hydrogen) atoms. The van der Waals surface area contributed by atoms with Crippen molar-refractivity contribution in [1.29, 1.82) is 0 Å². The van der Waals surface area contributed by atoms with Gasteiger partial charge in [-0.3, -0.25) is 4.90 Å². The Labute approximate surface area is 65.8 Å². The molecular weight excluding hydrogens is 142 g/mol. The number of rotatable bonds is 3. The highest BCUT2D eigenvalue weighted by Gasteiger charge is 2.13. The van der Waals surface area contributed by atoms with Gasteiger partial charge in [0.2, 0.25) is 0 Å². The van der Waals surface area contributed by atoms with Crippen molar-refractivity contribution in [2.75, 3.05) is 13.6 Å². The largest absolute Gasteiger partial charge is 0.297 e. The molecule has 5 heteroatoms. The van der Waals surface area contributed by atoms with E-state index in [9.17, 15) is 0 Å². The summed E-state index contributed by atoms with van der Waals surface area (Å²) in [6, 6.07) is 0.235. The van der Waals surface area contributed by atoms with E-state index >= 15 is 0 Å². The molecule has 0 amide bonds. The number of hydrogen-bond acceptors (Lipinski definition) is 4. The van der Waals surface area contributed by atoms with Crippen molar-refractivity contribution in [3.05, 3.63) is 5.82 Å². The van der Waals surface area contributed by atoms with E-state index < -0.39 is 0 Å². The van der Waals surface area contributed by atoms with Gasteiger partial charge in [0.1, 0.15) is 0 Å². The van der Waals surface area contributed by atoms with E-state index in [1.54, 1.807) is 0 Å². The Kier molecular flexibility index (Phi) is 2.53. The van der Waals surface area contributed by atoms with Crippen LogP contribution in [0.5, 0.6) is 0 Å². The maximum Gasteiger partial charge on any atom is 0.191 e. The molecule has 1 N–H and O–H groups in total. The molecule has 1 heterocycles. The molecule has 5 nitrogen and oxygen atoms in total. The van der Waals surface area contributed by atoms with Crippen LogP contribution >= 0.6 is 0 Å². The topological polar surface area (TPSA) is 57.7 Å². The van der Waals surface area contributed by atoms with E-state index in [0.29, 0.717) is 0 Å². The number of aromatic nitrogens is 4. The average Bonchev–Trinajstić information content (AvgIpc) is 2.53. The third-order valence-corrected chi connectivity index (χ3v) is 1.90. The molecule has 0 aliphatic carbocycles. The van der Waals surface area contributed by atoms with E-state index in [1.165, 1.54) is 0 Å². The van der Waals surface area contributed by atoms with Gasteiger partial charge >= 0.3 is 0 Å². The van der Waals surface area contributed by atoms with Crippen LogP contribution < -0.4 is 0 Å². The van der Waals surface area contributed by atoms with Crippen LogP contribution in [0, 0.1) is 0 Å². The minimum atomic E-state index is 0.235. The van der Waals surface area contributed by atoms with Gasteiger partial charge in [-0.1, -0.05) is 12.1 Å². The predicted molar refractivity (Wildman–Crippen MR) is 40.9 cm³/mol. The van der Waals surface area contributed by atoms with Crippen molar-refractivity contribution in [1.82, 2.24) is 25.5 Å². The molecular formula is C6H13N5. The number of nitrogens with one attached hydrogen (secondary N) is 1. The van der Waals surface area contributed by atoms with Crippen LogP contribution in [0.1, 0.15) is 25.7 Å². The Morgan fingerprint density at radius 2 is 2.36 bits per heavy atom. The smallest absolute Gasteiger partial charge is 0.191 e. The lowest BCUT2D eigenvalue weighted by Crippen LogP contribution is -2.22. The van der Waals surface area contributed by atoms with Gasteiger partial charge in [-0.15, -0.1) is 10.2 Å². The highest BCUT2D eigenvalue weighted by atomic mass is 15.5. The molecule has 0 spiro atoms. The van der Waals surface area contributed by atoms with E-state index in [4.69, 9.17) is 0 Å². The van der Waals surface area contributed by atoms with Crippen LogP contribution in [-0.4, -0.2) is 39.1 Å². The minimum Gasteiger partial charge on any atom is -0.297 e. The van der Waals surface area contributed by atoms with Gasteiger partial charge < -0.3 is 0 Å². The summed E-state index contributed by atoms with van der Waals surface area (Å²) in [6.45, 7) is 5.13. The van der Waals surface area contributed by atoms with Crippen molar-refractivity contribution in [2.45, 2.75) is 19.9 Å². The van der Waals surface area contributed by atoms with E-state index in [1.807, 2.05) is 14.0 Å². The Bertz CT molecular complexity index is 195. The Hall–Kier alpha value is -0.970. The van der Waals surface area contributed by atoms with Gasteiger partial charge in [-0.05, 0) is 20.5 Å². The number of hydrogen-bond donors (Lipinski definition) is 1. The Morgan fingerprint density at radius 3 is 2.82 bits per heavy atom. The normalized spacial score (nSPS) is 13.8. The maximum absolute atomic E-state index is 3.90. The molecule has 1 rings (SSSR count). The first-order valence-corrected chi connectivity index (χ1v) is 3.69. The fraction of sp³-hybridized carbons (Fsp3) is 0.833. The Morgan fingerprint density at radius 1 is 1.64 bits per heavy atom. The zero-order valence-corrected chi connectivity index (χ0v) is 7.07. The van der Waals surface area contributed by atoms with Crippen molar-refractivity contribution < 1.29 is 0 Å². The zero-order valence-electron chi connectivity index (χ0n) is 7.07. The molecule has 0 bridgehead atoms. The maximum atomic E-state index is 3.90. The van der Waals surface area contributed by atoms with Crippen LogP contribution in [0.25, 0.3) is 0 Å². The van der Waals surface area contributed by atoms with Crippen LogP contribution in [0.3, 0.4) is 0 Å². The summed E-state index contributed by atoms with van der Waals surface area (Å²) >= 11 is 0. The first-order chi connectivity index (χ1) is 5.25. The van der Waals surface area contributed by atoms with Gasteiger partial charge in [0.15, 0.2) is 5.82 Å². The second kappa shape index (κ2) is 3.43. The molecule has 1 atom stereocenters. The molecule has 1 unspecified atom stereocenters. The molecule has 0 aliphatic rings. The highest BCUT2D eigenvalue weighted by molar-refractivity contribution is 4.85. The molecule has 0 aromatic carbocycles. The first kappa shape index (κ1) is 8.13. The van der Waals surface area contributed by atoms with Crippen LogP contribution in [0.2, 0.25) is 0 Å². The van der Waals surface area contributed by atoms with Crippen molar-refractivity contribution >= 4 is 0 Å². The minimum absolute atomic E-state index is 0.235. The van der Waals surface area contributed by atoms with Crippen LogP contribution in [-0.2, 0) is 0 Å². The molecule has 1 aromatic heterocycles. The third kappa shape index (κ3) is 1.74. The summed E-state index contributed by atoms with van der Waals surface area (Å²) in [6.07, 6.45) is 0. The molecule has 0 saturated carbocycles. The lowest BCUT2D eigenvalue weighted by molar-refractivity contribution is 0.265. The highest BCUT2D eigenvalue weighted by Crippen LogP contribution is 2.11. The summed E-state index contributed by atoms with van der Waals surface area (Å²) in [4.78, 5) is 2.14. The fourth-order valence-corrected chi connectivity index (χ4v) is 0.817. The second-order valence-corrected chi connectivity index (χ2v) is 2.52. The van der Waals surface area contributed by atoms with Gasteiger partial charge in [-0.2, -0.15) is 5.21 Å². The summed E-state index contributed by atoms with van der Waals surface area (Å²) in [5.41, 5.74) is 0. The lowest BCUT2D eigenvalue weighted by atomic mass is 10.3. The van der Waals surface area contributed by atoms with E-state index in [-0.39, 0.29) is 6.04 Å². The van der Waals surface area contributed by atoms with Crippen molar-refractivity contribution in [3.63, 3.8) is 0 Å². The Balaban J connectivity index is 2.62. The zero-order chi connectivity index (χ0) is 8.27. The summed E-state index contributed by atoms with van der Waals surface area (Å²) in [7, 11) is 2.03. The van der Waals surface area contributed by atoms with Crippen molar-refractivity contribution in [3.8, 4) is 0 Å². The summed E-state index contributed by atoms with van der Waals surface area (Å²) < 4.78 is 0. The monoisotopic (exact) mass is 155 g/mol. The third-order valence-electron chi connectivity index (χ3n) is 1.90. The second-order valence-electron chi connectivity index (χ2n) is 2.52. The van der Waals surface area contributed by atoms with Crippen LogP contribution in [0.4, 0.5) is 0 Å². The molecule has 0 aliphatic heterocycles. The van der Waals surface area contributed by atoms with Gasteiger partial charge in [-0.25, -0.2) is 0 Å². The molecule has 0 saturated heterocycles. The quantitative estimate of drug-likeness (QED) is 0.678. The van der Waals surface area contributed by atoms with Gasteiger partial charge in [0.05, 0.1) is 6.04 Å².